The molecule has 130 valence electrons. The van der Waals surface area contributed by atoms with Gasteiger partial charge in [0.1, 0.15) is 0 Å². The first kappa shape index (κ1) is 17.2. The van der Waals surface area contributed by atoms with E-state index in [1.807, 2.05) is 12.1 Å². The minimum Gasteiger partial charge on any atom is -0.462 e. The lowest BCUT2D eigenvalue weighted by atomic mass is 9.70. The number of carbonyl (C=O) groups excluding carboxylic acids is 2. The molecule has 0 heterocycles. The maximum Gasteiger partial charge on any atom is 0.338 e. The quantitative estimate of drug-likeness (QED) is 0.819. The zero-order chi connectivity index (χ0) is 17.6. The molecule has 2 N–H and O–H groups in total. The molecule has 25 heavy (non-hydrogen) atoms. The van der Waals surface area contributed by atoms with E-state index in [9.17, 15) is 9.59 Å². The summed E-state index contributed by atoms with van der Waals surface area (Å²) in [6.45, 7) is 0.525. The number of esters is 2. The SMILES string of the molecule is NC1CC(COC(=O)c2ccccc2)C1COC(=O)c1ccccc1. The van der Waals surface area contributed by atoms with Crippen molar-refractivity contribution in [3.8, 4) is 0 Å². The number of hydrogen-bond acceptors (Lipinski definition) is 5. The number of hydrogen-bond donors (Lipinski definition) is 1. The third kappa shape index (κ3) is 4.25. The summed E-state index contributed by atoms with van der Waals surface area (Å²) in [5.74, 6) is -0.580. The second kappa shape index (κ2) is 7.94. The van der Waals surface area contributed by atoms with Crippen molar-refractivity contribution in [2.75, 3.05) is 13.2 Å². The van der Waals surface area contributed by atoms with Crippen LogP contribution < -0.4 is 5.73 Å². The van der Waals surface area contributed by atoms with E-state index in [2.05, 4.69) is 0 Å². The van der Waals surface area contributed by atoms with Gasteiger partial charge in [-0.25, -0.2) is 9.59 Å². The van der Waals surface area contributed by atoms with Gasteiger partial charge in [-0.15, -0.1) is 0 Å². The third-order valence-corrected chi connectivity index (χ3v) is 4.58. The van der Waals surface area contributed by atoms with Crippen LogP contribution in [0.15, 0.2) is 60.7 Å². The Kier molecular flexibility index (Phi) is 5.46. The Balaban J connectivity index is 1.47. The molecule has 1 fully saturated rings. The monoisotopic (exact) mass is 339 g/mol. The molecule has 0 saturated heterocycles. The van der Waals surface area contributed by atoms with Crippen molar-refractivity contribution in [1.29, 1.82) is 0 Å². The van der Waals surface area contributed by atoms with Crippen LogP contribution in [0, 0.1) is 11.8 Å². The normalized spacial score (nSPS) is 21.9. The maximum atomic E-state index is 12.0. The number of ether oxygens (including phenoxy) is 2. The molecule has 1 aliphatic carbocycles. The maximum absolute atomic E-state index is 12.0. The molecule has 1 aliphatic rings. The summed E-state index contributed by atoms with van der Waals surface area (Å²) in [6.07, 6.45) is 0.760. The van der Waals surface area contributed by atoms with Gasteiger partial charge in [0.05, 0.1) is 24.3 Å². The lowest BCUT2D eigenvalue weighted by Gasteiger charge is -2.41. The number of nitrogens with two attached hydrogens (primary N) is 1. The van der Waals surface area contributed by atoms with Gasteiger partial charge < -0.3 is 15.2 Å². The Morgan fingerprint density at radius 3 is 1.80 bits per heavy atom. The Morgan fingerprint density at radius 1 is 0.840 bits per heavy atom. The van der Waals surface area contributed by atoms with Crippen molar-refractivity contribution in [1.82, 2.24) is 0 Å². The fraction of sp³-hybridized carbons (Fsp3) is 0.300. The summed E-state index contributed by atoms with van der Waals surface area (Å²) >= 11 is 0. The fourth-order valence-electron chi connectivity index (χ4n) is 2.97. The Hall–Kier alpha value is -2.66. The summed E-state index contributed by atoms with van der Waals surface area (Å²) in [5, 5.41) is 0. The third-order valence-electron chi connectivity index (χ3n) is 4.58. The lowest BCUT2D eigenvalue weighted by molar-refractivity contribution is -0.0131. The van der Waals surface area contributed by atoms with Crippen LogP contribution in [0.1, 0.15) is 27.1 Å². The lowest BCUT2D eigenvalue weighted by Crippen LogP contribution is -2.51. The molecule has 2 aromatic carbocycles. The highest BCUT2D eigenvalue weighted by atomic mass is 16.5. The zero-order valence-electron chi connectivity index (χ0n) is 13.8. The van der Waals surface area contributed by atoms with E-state index in [1.54, 1.807) is 48.5 Å². The fourth-order valence-corrected chi connectivity index (χ4v) is 2.97. The van der Waals surface area contributed by atoms with Crippen molar-refractivity contribution in [2.45, 2.75) is 12.5 Å². The molecule has 0 amide bonds. The van der Waals surface area contributed by atoms with Gasteiger partial charge in [-0.3, -0.25) is 0 Å². The first-order valence-electron chi connectivity index (χ1n) is 8.35. The Morgan fingerprint density at radius 2 is 1.32 bits per heavy atom. The van der Waals surface area contributed by atoms with E-state index in [-0.39, 0.29) is 43.0 Å². The van der Waals surface area contributed by atoms with Crippen LogP contribution in [0.25, 0.3) is 0 Å². The molecular weight excluding hydrogens is 318 g/mol. The standard InChI is InChI=1S/C20H21NO4/c21-18-11-16(12-24-19(22)14-7-3-1-4-8-14)17(18)13-25-20(23)15-9-5-2-6-10-15/h1-10,16-18H,11-13,21H2. The van der Waals surface area contributed by atoms with Crippen LogP contribution in [0.2, 0.25) is 0 Å². The summed E-state index contributed by atoms with van der Waals surface area (Å²) in [7, 11) is 0. The summed E-state index contributed by atoms with van der Waals surface area (Å²) in [5.41, 5.74) is 7.07. The van der Waals surface area contributed by atoms with Gasteiger partial charge in [-0.2, -0.15) is 0 Å². The van der Waals surface area contributed by atoms with Crippen molar-refractivity contribution in [3.05, 3.63) is 71.8 Å². The van der Waals surface area contributed by atoms with Crippen molar-refractivity contribution < 1.29 is 19.1 Å². The van der Waals surface area contributed by atoms with E-state index >= 15 is 0 Å². The van der Waals surface area contributed by atoms with Crippen molar-refractivity contribution >= 4 is 11.9 Å². The molecular formula is C20H21NO4. The average molecular weight is 339 g/mol. The summed E-state index contributed by atoms with van der Waals surface area (Å²) in [6, 6.07) is 17.7. The first-order chi connectivity index (χ1) is 12.1. The number of benzene rings is 2. The van der Waals surface area contributed by atoms with Crippen molar-refractivity contribution in [3.63, 3.8) is 0 Å². The summed E-state index contributed by atoms with van der Waals surface area (Å²) < 4.78 is 10.7. The highest BCUT2D eigenvalue weighted by molar-refractivity contribution is 5.89. The highest BCUT2D eigenvalue weighted by Crippen LogP contribution is 2.34. The Bertz CT molecular complexity index is 717. The van der Waals surface area contributed by atoms with Gasteiger partial charge in [-0.05, 0) is 30.7 Å². The molecule has 5 heteroatoms. The molecule has 0 spiro atoms. The smallest absolute Gasteiger partial charge is 0.338 e. The highest BCUT2D eigenvalue weighted by Gasteiger charge is 2.40. The van der Waals surface area contributed by atoms with E-state index in [1.165, 1.54) is 0 Å². The van der Waals surface area contributed by atoms with Crippen LogP contribution in [0.3, 0.4) is 0 Å². The van der Waals surface area contributed by atoms with Crippen molar-refractivity contribution in [2.24, 2.45) is 17.6 Å². The van der Waals surface area contributed by atoms with Gasteiger partial charge in [0.2, 0.25) is 0 Å². The van der Waals surface area contributed by atoms with Gasteiger partial charge in [0, 0.05) is 17.9 Å². The molecule has 3 atom stereocenters. The molecule has 1 saturated carbocycles. The second-order valence-electron chi connectivity index (χ2n) is 6.25. The molecule has 3 rings (SSSR count). The zero-order valence-corrected chi connectivity index (χ0v) is 13.8. The molecule has 0 radical (unpaired) electrons. The van der Waals surface area contributed by atoms with E-state index < -0.39 is 0 Å². The number of carbonyl (C=O) groups is 2. The molecule has 0 aliphatic heterocycles. The van der Waals surface area contributed by atoms with Gasteiger partial charge in [-0.1, -0.05) is 36.4 Å². The minimum atomic E-state index is -0.361. The van der Waals surface area contributed by atoms with Crippen LogP contribution in [-0.4, -0.2) is 31.2 Å². The summed E-state index contributed by atoms with van der Waals surface area (Å²) in [4.78, 5) is 24.0. The van der Waals surface area contributed by atoms with Gasteiger partial charge in [0.15, 0.2) is 0 Å². The Labute approximate surface area is 146 Å². The molecule has 0 bridgehead atoms. The molecule has 2 aromatic rings. The molecule has 0 aromatic heterocycles. The van der Waals surface area contributed by atoms with Gasteiger partial charge >= 0.3 is 11.9 Å². The van der Waals surface area contributed by atoms with Crippen LogP contribution in [0.5, 0.6) is 0 Å². The molecule has 3 unspecified atom stereocenters. The van der Waals surface area contributed by atoms with E-state index in [4.69, 9.17) is 15.2 Å². The largest absolute Gasteiger partial charge is 0.462 e. The predicted octanol–water partition coefficient (Wildman–Crippen LogP) is 2.66. The van der Waals surface area contributed by atoms with Crippen LogP contribution in [0.4, 0.5) is 0 Å². The minimum absolute atomic E-state index is 0.0104. The topological polar surface area (TPSA) is 78.6 Å². The van der Waals surface area contributed by atoms with Crippen LogP contribution in [-0.2, 0) is 9.47 Å². The van der Waals surface area contributed by atoms with E-state index in [0.717, 1.165) is 6.42 Å². The second-order valence-corrected chi connectivity index (χ2v) is 6.25. The van der Waals surface area contributed by atoms with Gasteiger partial charge in [0.25, 0.3) is 0 Å². The van der Waals surface area contributed by atoms with E-state index in [0.29, 0.717) is 11.1 Å². The number of rotatable bonds is 6. The molecule has 5 nitrogen and oxygen atoms in total. The van der Waals surface area contributed by atoms with Crippen LogP contribution >= 0.6 is 0 Å². The predicted molar refractivity (Wildman–Crippen MR) is 93.0 cm³/mol. The first-order valence-corrected chi connectivity index (χ1v) is 8.35. The average Bonchev–Trinajstić information content (AvgIpc) is 2.66.